The number of carbonyl (C=O) groups excluding carboxylic acids is 2. The quantitative estimate of drug-likeness (QED) is 0.596. The number of nitrogens with two attached hydrogens (primary N) is 1. The van der Waals surface area contributed by atoms with Crippen LogP contribution in [0, 0.1) is 6.92 Å². The van der Waals surface area contributed by atoms with E-state index >= 15 is 0 Å². The maximum atomic E-state index is 12.2. The molecule has 0 spiro atoms. The molecule has 7 nitrogen and oxygen atoms in total. The van der Waals surface area contributed by atoms with Gasteiger partial charge in [0.15, 0.2) is 0 Å². The van der Waals surface area contributed by atoms with E-state index in [1.807, 2.05) is 0 Å². The van der Waals surface area contributed by atoms with Crippen LogP contribution in [-0.2, 0) is 0 Å². The van der Waals surface area contributed by atoms with Crippen molar-refractivity contribution in [1.82, 2.24) is 5.06 Å². The summed E-state index contributed by atoms with van der Waals surface area (Å²) < 4.78 is 5.40. The van der Waals surface area contributed by atoms with E-state index in [4.69, 9.17) is 10.2 Å². The van der Waals surface area contributed by atoms with Crippen LogP contribution in [0.2, 0.25) is 0 Å². The summed E-state index contributed by atoms with van der Waals surface area (Å²) in [5.41, 5.74) is 5.73. The maximum Gasteiger partial charge on any atom is 0.316 e. The van der Waals surface area contributed by atoms with E-state index in [1.165, 1.54) is 24.3 Å². The summed E-state index contributed by atoms with van der Waals surface area (Å²) in [7, 11) is 0. The van der Waals surface area contributed by atoms with E-state index in [2.05, 4.69) is 5.32 Å². The number of hydrogen-bond acceptors (Lipinski definition) is 4. The van der Waals surface area contributed by atoms with Gasteiger partial charge in [0.05, 0.1) is 0 Å². The van der Waals surface area contributed by atoms with Gasteiger partial charge >= 0.3 is 6.03 Å². The first-order valence-electron chi connectivity index (χ1n) is 6.64. The Morgan fingerprint density at radius 2 is 1.86 bits per heavy atom. The number of aryl methyl sites for hydroxylation is 1. The molecule has 0 bridgehead atoms. The van der Waals surface area contributed by atoms with E-state index in [1.54, 1.807) is 26.0 Å². The van der Waals surface area contributed by atoms with Crippen LogP contribution in [0.4, 0.5) is 10.5 Å². The number of carbonyl (C=O) groups is 2. The van der Waals surface area contributed by atoms with Crippen LogP contribution >= 0.6 is 0 Å². The summed E-state index contributed by atoms with van der Waals surface area (Å²) in [6.07, 6.45) is 0. The molecule has 22 heavy (non-hydrogen) atoms. The molecule has 7 heteroatoms. The third-order valence-electron chi connectivity index (χ3n) is 3.15. The standard InChI is InChI=1S/C15H17N3O4/c1-9-3-8-13(22-9)10(2)18(21)14(19)11-4-6-12(7-5-11)17-15(16)20/h3-8,10,21H,1-2H3,(H3,16,17,20). The average Bonchev–Trinajstić information content (AvgIpc) is 2.91. The van der Waals surface area contributed by atoms with Crippen molar-refractivity contribution in [3.05, 3.63) is 53.5 Å². The number of rotatable bonds is 4. The van der Waals surface area contributed by atoms with Crippen LogP contribution in [0.15, 0.2) is 40.8 Å². The molecule has 4 N–H and O–H groups in total. The van der Waals surface area contributed by atoms with Gasteiger partial charge in [-0.3, -0.25) is 10.0 Å². The molecule has 0 fully saturated rings. The summed E-state index contributed by atoms with van der Waals surface area (Å²) in [5.74, 6) is 0.608. The Labute approximate surface area is 127 Å². The molecule has 1 heterocycles. The average molecular weight is 303 g/mol. The first kappa shape index (κ1) is 15.6. The van der Waals surface area contributed by atoms with Gasteiger partial charge in [0.1, 0.15) is 17.6 Å². The highest BCUT2D eigenvalue weighted by atomic mass is 16.5. The molecule has 1 atom stereocenters. The summed E-state index contributed by atoms with van der Waals surface area (Å²) in [6.45, 7) is 3.43. The Morgan fingerprint density at radius 3 is 2.36 bits per heavy atom. The topological polar surface area (TPSA) is 109 Å². The molecule has 1 aromatic heterocycles. The van der Waals surface area contributed by atoms with Crippen LogP contribution in [-0.4, -0.2) is 22.2 Å². The lowest BCUT2D eigenvalue weighted by Gasteiger charge is -2.21. The van der Waals surface area contributed by atoms with E-state index in [0.717, 1.165) is 0 Å². The predicted molar refractivity (Wildman–Crippen MR) is 79.5 cm³/mol. The molecule has 2 rings (SSSR count). The summed E-state index contributed by atoms with van der Waals surface area (Å²) in [6, 6.07) is 8.16. The second-order valence-corrected chi connectivity index (χ2v) is 4.84. The van der Waals surface area contributed by atoms with E-state index < -0.39 is 18.0 Å². The third kappa shape index (κ3) is 3.44. The van der Waals surface area contributed by atoms with Gasteiger partial charge in [-0.1, -0.05) is 0 Å². The van der Waals surface area contributed by atoms with Crippen LogP contribution in [0.3, 0.4) is 0 Å². The number of amides is 3. The van der Waals surface area contributed by atoms with Gasteiger partial charge in [-0.2, -0.15) is 0 Å². The fraction of sp³-hybridized carbons (Fsp3) is 0.200. The van der Waals surface area contributed by atoms with Gasteiger partial charge in [0, 0.05) is 11.3 Å². The Kier molecular flexibility index (Phi) is 4.47. The van der Waals surface area contributed by atoms with Gasteiger partial charge in [0.25, 0.3) is 5.91 Å². The fourth-order valence-corrected chi connectivity index (χ4v) is 1.95. The van der Waals surface area contributed by atoms with E-state index in [9.17, 15) is 14.8 Å². The van der Waals surface area contributed by atoms with Crippen molar-refractivity contribution in [3.8, 4) is 0 Å². The lowest BCUT2D eigenvalue weighted by atomic mass is 10.1. The molecule has 1 unspecified atom stereocenters. The first-order chi connectivity index (χ1) is 10.4. The van der Waals surface area contributed by atoms with Crippen molar-refractivity contribution >= 4 is 17.6 Å². The Bertz CT molecular complexity index is 678. The molecule has 1 aromatic carbocycles. The molecular formula is C15H17N3O4. The second kappa shape index (κ2) is 6.31. The number of primary amides is 1. The van der Waals surface area contributed by atoms with Crippen LogP contribution < -0.4 is 11.1 Å². The predicted octanol–water partition coefficient (Wildman–Crippen LogP) is 2.67. The van der Waals surface area contributed by atoms with Gasteiger partial charge in [-0.05, 0) is 50.2 Å². The van der Waals surface area contributed by atoms with Crippen molar-refractivity contribution in [3.63, 3.8) is 0 Å². The lowest BCUT2D eigenvalue weighted by Crippen LogP contribution is -2.30. The Morgan fingerprint density at radius 1 is 1.23 bits per heavy atom. The summed E-state index contributed by atoms with van der Waals surface area (Å²) in [4.78, 5) is 23.0. The van der Waals surface area contributed by atoms with Crippen molar-refractivity contribution in [1.29, 1.82) is 0 Å². The smallest absolute Gasteiger partial charge is 0.316 e. The number of hydroxylamine groups is 2. The summed E-state index contributed by atoms with van der Waals surface area (Å²) in [5, 5.41) is 13.0. The normalized spacial score (nSPS) is 11.8. The molecule has 0 radical (unpaired) electrons. The number of hydrogen-bond donors (Lipinski definition) is 3. The van der Waals surface area contributed by atoms with Crippen LogP contribution in [0.1, 0.15) is 34.8 Å². The molecule has 0 saturated heterocycles. The summed E-state index contributed by atoms with van der Waals surface area (Å²) >= 11 is 0. The number of anilines is 1. The van der Waals surface area contributed by atoms with Gasteiger partial charge < -0.3 is 15.5 Å². The minimum absolute atomic E-state index is 0.271. The molecule has 0 aliphatic heterocycles. The minimum Gasteiger partial charge on any atom is -0.464 e. The fourth-order valence-electron chi connectivity index (χ4n) is 1.95. The largest absolute Gasteiger partial charge is 0.464 e. The van der Waals surface area contributed by atoms with Crippen molar-refractivity contribution < 1.29 is 19.2 Å². The molecule has 0 saturated carbocycles. The number of nitrogens with one attached hydrogen (secondary N) is 1. The van der Waals surface area contributed by atoms with Crippen molar-refractivity contribution in [2.45, 2.75) is 19.9 Å². The highest BCUT2D eigenvalue weighted by Crippen LogP contribution is 2.23. The minimum atomic E-state index is -0.690. The monoisotopic (exact) mass is 303 g/mol. The zero-order chi connectivity index (χ0) is 16.3. The highest BCUT2D eigenvalue weighted by molar-refractivity contribution is 5.94. The molecule has 3 amide bonds. The van der Waals surface area contributed by atoms with Gasteiger partial charge in [-0.25, -0.2) is 9.86 Å². The van der Waals surface area contributed by atoms with Crippen molar-refractivity contribution in [2.24, 2.45) is 5.73 Å². The molecule has 0 aliphatic rings. The van der Waals surface area contributed by atoms with Crippen LogP contribution in [0.5, 0.6) is 0 Å². The number of furan rings is 1. The zero-order valence-electron chi connectivity index (χ0n) is 12.2. The third-order valence-corrected chi connectivity index (χ3v) is 3.15. The highest BCUT2D eigenvalue weighted by Gasteiger charge is 2.23. The molecule has 0 aliphatic carbocycles. The Balaban J connectivity index is 2.11. The molecule has 116 valence electrons. The van der Waals surface area contributed by atoms with Crippen LogP contribution in [0.25, 0.3) is 0 Å². The zero-order valence-corrected chi connectivity index (χ0v) is 12.2. The van der Waals surface area contributed by atoms with E-state index in [0.29, 0.717) is 22.3 Å². The lowest BCUT2D eigenvalue weighted by molar-refractivity contribution is -0.0899. The van der Waals surface area contributed by atoms with Crippen molar-refractivity contribution in [2.75, 3.05) is 5.32 Å². The second-order valence-electron chi connectivity index (χ2n) is 4.84. The first-order valence-corrected chi connectivity index (χ1v) is 6.64. The number of nitrogens with zero attached hydrogens (tertiary/aromatic N) is 1. The van der Waals surface area contributed by atoms with Gasteiger partial charge in [-0.15, -0.1) is 0 Å². The SMILES string of the molecule is Cc1ccc(C(C)N(O)C(=O)c2ccc(NC(N)=O)cc2)o1. The Hall–Kier alpha value is -2.80. The van der Waals surface area contributed by atoms with Gasteiger partial charge in [0.2, 0.25) is 0 Å². The van der Waals surface area contributed by atoms with E-state index in [-0.39, 0.29) is 5.56 Å². The molecular weight excluding hydrogens is 286 g/mol. The number of urea groups is 1. The maximum absolute atomic E-state index is 12.2. The molecule has 2 aromatic rings. The number of benzene rings is 1.